The van der Waals surface area contributed by atoms with E-state index in [1.54, 1.807) is 24.3 Å². The van der Waals surface area contributed by atoms with Crippen LogP contribution in [0.1, 0.15) is 40.0 Å². The molecule has 1 unspecified atom stereocenters. The molecule has 3 rings (SSSR count). The standard InChI is InChI=1S/C18H23N3O3S.ClH/c22-16(11-13-12-25-10-8-19-13)20-7-3-4-9-21-17(23)14-5-1-2-6-15(14)18(21)24;/h1-2,5-6,13,19H,3-4,7-12H2,(H,20,22);1H. The summed E-state index contributed by atoms with van der Waals surface area (Å²) in [6.07, 6.45) is 1.93. The number of nitrogens with zero attached hydrogens (tertiary/aromatic N) is 1. The molecule has 1 atom stereocenters. The fourth-order valence-electron chi connectivity index (χ4n) is 3.11. The van der Waals surface area contributed by atoms with Gasteiger partial charge in [-0.25, -0.2) is 0 Å². The van der Waals surface area contributed by atoms with E-state index in [0.29, 0.717) is 37.1 Å². The lowest BCUT2D eigenvalue weighted by atomic mass is 10.1. The zero-order valence-electron chi connectivity index (χ0n) is 14.5. The molecule has 1 saturated heterocycles. The SMILES string of the molecule is Cl.O=C(CC1CSCCN1)NCCCCN1C(=O)c2ccccc2C1=O. The molecular formula is C18H24ClN3O3S. The molecule has 0 aliphatic carbocycles. The van der Waals surface area contributed by atoms with Gasteiger partial charge in [0.15, 0.2) is 0 Å². The van der Waals surface area contributed by atoms with Gasteiger partial charge in [0, 0.05) is 43.6 Å². The second-order valence-corrected chi connectivity index (χ2v) is 7.44. The zero-order chi connectivity index (χ0) is 17.6. The minimum Gasteiger partial charge on any atom is -0.356 e. The zero-order valence-corrected chi connectivity index (χ0v) is 16.2. The Morgan fingerprint density at radius 2 is 1.88 bits per heavy atom. The van der Waals surface area contributed by atoms with Crippen LogP contribution in [0.5, 0.6) is 0 Å². The minimum absolute atomic E-state index is 0. The maximum atomic E-state index is 12.2. The third-order valence-electron chi connectivity index (χ3n) is 4.44. The molecule has 1 aromatic rings. The summed E-state index contributed by atoms with van der Waals surface area (Å²) < 4.78 is 0. The van der Waals surface area contributed by atoms with Gasteiger partial charge in [-0.15, -0.1) is 12.4 Å². The Morgan fingerprint density at radius 3 is 2.50 bits per heavy atom. The van der Waals surface area contributed by atoms with Crippen molar-refractivity contribution in [3.63, 3.8) is 0 Å². The van der Waals surface area contributed by atoms with E-state index < -0.39 is 0 Å². The molecule has 0 aromatic heterocycles. The van der Waals surface area contributed by atoms with Crippen LogP contribution >= 0.6 is 24.2 Å². The Morgan fingerprint density at radius 1 is 1.19 bits per heavy atom. The van der Waals surface area contributed by atoms with E-state index in [2.05, 4.69) is 10.6 Å². The smallest absolute Gasteiger partial charge is 0.261 e. The largest absolute Gasteiger partial charge is 0.356 e. The number of nitrogens with one attached hydrogen (secondary N) is 2. The molecular weight excluding hydrogens is 374 g/mol. The number of carbonyl (C=O) groups excluding carboxylic acids is 3. The Labute approximate surface area is 163 Å². The van der Waals surface area contributed by atoms with Gasteiger partial charge >= 0.3 is 0 Å². The first kappa shape index (κ1) is 20.7. The van der Waals surface area contributed by atoms with Crippen LogP contribution in [0.3, 0.4) is 0 Å². The number of fused-ring (bicyclic) bond motifs is 1. The quantitative estimate of drug-likeness (QED) is 0.540. The van der Waals surface area contributed by atoms with Gasteiger partial charge in [-0.05, 0) is 25.0 Å². The van der Waals surface area contributed by atoms with Gasteiger partial charge in [-0.3, -0.25) is 19.3 Å². The summed E-state index contributed by atoms with van der Waals surface area (Å²) in [6, 6.07) is 7.17. The number of halogens is 1. The molecule has 0 bridgehead atoms. The lowest BCUT2D eigenvalue weighted by molar-refractivity contribution is -0.121. The number of imide groups is 1. The molecule has 0 saturated carbocycles. The molecule has 3 amide bonds. The van der Waals surface area contributed by atoms with Crippen molar-refractivity contribution >= 4 is 41.9 Å². The Bertz CT molecular complexity index is 630. The van der Waals surface area contributed by atoms with Crippen LogP contribution in [0.15, 0.2) is 24.3 Å². The van der Waals surface area contributed by atoms with Gasteiger partial charge in [0.25, 0.3) is 11.8 Å². The number of benzene rings is 1. The average molecular weight is 398 g/mol. The number of hydrogen-bond donors (Lipinski definition) is 2. The fraction of sp³-hybridized carbons (Fsp3) is 0.500. The highest BCUT2D eigenvalue weighted by Gasteiger charge is 2.34. The van der Waals surface area contributed by atoms with Crippen LogP contribution in [0.2, 0.25) is 0 Å². The minimum atomic E-state index is -0.217. The van der Waals surface area contributed by atoms with Crippen LogP contribution in [-0.2, 0) is 4.79 Å². The summed E-state index contributed by atoms with van der Waals surface area (Å²) >= 11 is 1.87. The molecule has 2 heterocycles. The molecule has 1 aromatic carbocycles. The number of thioether (sulfide) groups is 1. The van der Waals surface area contributed by atoms with Crippen molar-refractivity contribution in [2.24, 2.45) is 0 Å². The van der Waals surface area contributed by atoms with Gasteiger partial charge in [-0.1, -0.05) is 12.1 Å². The van der Waals surface area contributed by atoms with Gasteiger partial charge in [-0.2, -0.15) is 11.8 Å². The van der Waals surface area contributed by atoms with Crippen LogP contribution in [-0.4, -0.2) is 59.8 Å². The van der Waals surface area contributed by atoms with E-state index in [1.165, 1.54) is 4.90 Å². The van der Waals surface area contributed by atoms with Crippen molar-refractivity contribution in [3.05, 3.63) is 35.4 Å². The van der Waals surface area contributed by atoms with Crippen molar-refractivity contribution in [2.75, 3.05) is 31.1 Å². The van der Waals surface area contributed by atoms with Crippen molar-refractivity contribution in [1.29, 1.82) is 0 Å². The highest BCUT2D eigenvalue weighted by molar-refractivity contribution is 7.99. The molecule has 1 fully saturated rings. The number of unbranched alkanes of at least 4 members (excludes halogenated alkanes) is 1. The highest BCUT2D eigenvalue weighted by Crippen LogP contribution is 2.22. The lowest BCUT2D eigenvalue weighted by Crippen LogP contribution is -2.41. The van der Waals surface area contributed by atoms with Crippen LogP contribution in [0, 0.1) is 0 Å². The first-order valence-corrected chi connectivity index (χ1v) is 9.85. The Kier molecular flexibility index (Phi) is 7.93. The molecule has 2 aliphatic rings. The number of hydrogen-bond acceptors (Lipinski definition) is 5. The van der Waals surface area contributed by atoms with E-state index in [4.69, 9.17) is 0 Å². The normalized spacial score (nSPS) is 19.1. The number of rotatable bonds is 7. The first-order chi connectivity index (χ1) is 12.2. The molecule has 6 nitrogen and oxygen atoms in total. The molecule has 2 aliphatic heterocycles. The van der Waals surface area contributed by atoms with Gasteiger partial charge in [0.05, 0.1) is 11.1 Å². The average Bonchev–Trinajstić information content (AvgIpc) is 2.87. The van der Waals surface area contributed by atoms with Gasteiger partial charge in [0.2, 0.25) is 5.91 Å². The van der Waals surface area contributed by atoms with Crippen molar-refractivity contribution in [1.82, 2.24) is 15.5 Å². The Balaban J connectivity index is 0.00000243. The van der Waals surface area contributed by atoms with Gasteiger partial charge in [0.1, 0.15) is 0 Å². The molecule has 142 valence electrons. The van der Waals surface area contributed by atoms with E-state index in [9.17, 15) is 14.4 Å². The third-order valence-corrected chi connectivity index (χ3v) is 5.57. The van der Waals surface area contributed by atoms with E-state index >= 15 is 0 Å². The van der Waals surface area contributed by atoms with Gasteiger partial charge < -0.3 is 10.6 Å². The Hall–Kier alpha value is -1.57. The summed E-state index contributed by atoms with van der Waals surface area (Å²) in [6.45, 7) is 1.92. The monoisotopic (exact) mass is 397 g/mol. The lowest BCUT2D eigenvalue weighted by Gasteiger charge is -2.22. The van der Waals surface area contributed by atoms with Crippen molar-refractivity contribution < 1.29 is 14.4 Å². The van der Waals surface area contributed by atoms with Crippen molar-refractivity contribution in [2.45, 2.75) is 25.3 Å². The van der Waals surface area contributed by atoms with Crippen LogP contribution in [0.25, 0.3) is 0 Å². The van der Waals surface area contributed by atoms with Crippen molar-refractivity contribution in [3.8, 4) is 0 Å². The topological polar surface area (TPSA) is 78.5 Å². The predicted molar refractivity (Wildman–Crippen MR) is 105 cm³/mol. The second-order valence-electron chi connectivity index (χ2n) is 6.29. The second kappa shape index (κ2) is 9.94. The van der Waals surface area contributed by atoms with E-state index in [0.717, 1.165) is 24.5 Å². The summed E-state index contributed by atoms with van der Waals surface area (Å²) in [4.78, 5) is 37.7. The number of amides is 3. The van der Waals surface area contributed by atoms with Crippen LogP contribution < -0.4 is 10.6 Å². The molecule has 0 radical (unpaired) electrons. The highest BCUT2D eigenvalue weighted by atomic mass is 35.5. The molecule has 0 spiro atoms. The third kappa shape index (κ3) is 4.99. The maximum Gasteiger partial charge on any atom is 0.261 e. The molecule has 26 heavy (non-hydrogen) atoms. The van der Waals surface area contributed by atoms with E-state index in [1.807, 2.05) is 11.8 Å². The maximum absolute atomic E-state index is 12.2. The van der Waals surface area contributed by atoms with E-state index in [-0.39, 0.29) is 36.2 Å². The van der Waals surface area contributed by atoms with Crippen LogP contribution in [0.4, 0.5) is 0 Å². The predicted octanol–water partition coefficient (Wildman–Crippen LogP) is 1.70. The summed E-state index contributed by atoms with van der Waals surface area (Å²) in [5.74, 6) is 1.71. The summed E-state index contributed by atoms with van der Waals surface area (Å²) in [5, 5.41) is 6.26. The fourth-order valence-corrected chi connectivity index (χ4v) is 4.06. The number of carbonyl (C=O) groups is 3. The summed E-state index contributed by atoms with van der Waals surface area (Å²) in [5.41, 5.74) is 0.970. The summed E-state index contributed by atoms with van der Waals surface area (Å²) in [7, 11) is 0. The molecule has 8 heteroatoms. The molecule has 2 N–H and O–H groups in total. The first-order valence-electron chi connectivity index (χ1n) is 8.70.